The molecule has 0 saturated heterocycles. The third kappa shape index (κ3) is 2.30. The maximum Gasteiger partial charge on any atom is 0.358 e. The van der Waals surface area contributed by atoms with Crippen LogP contribution in [0.3, 0.4) is 0 Å². The molecule has 7 heteroatoms. The predicted molar refractivity (Wildman–Crippen MR) is 51.1 cm³/mol. The normalized spacial score (nSPS) is 9.85. The molecule has 70 valence electrons. The standard InChI is InChI=1S/C6H3BrCl2N2O2/c1-13-5(12)3-2(7)4(8)11-6(9)10-3/h1H3. The summed E-state index contributed by atoms with van der Waals surface area (Å²) in [5.74, 6) is -0.627. The number of carbonyl (C=O) groups is 1. The molecule has 1 aromatic rings. The zero-order valence-corrected chi connectivity index (χ0v) is 9.44. The van der Waals surface area contributed by atoms with Crippen molar-refractivity contribution in [1.29, 1.82) is 0 Å². The van der Waals surface area contributed by atoms with E-state index in [1.54, 1.807) is 0 Å². The molecule has 1 rings (SSSR count). The summed E-state index contributed by atoms with van der Waals surface area (Å²) >= 11 is 14.2. The number of hydrogen-bond donors (Lipinski definition) is 0. The summed E-state index contributed by atoms with van der Waals surface area (Å²) in [4.78, 5) is 18.3. The smallest absolute Gasteiger partial charge is 0.358 e. The zero-order valence-electron chi connectivity index (χ0n) is 6.34. The number of halogens is 3. The van der Waals surface area contributed by atoms with Crippen molar-refractivity contribution in [1.82, 2.24) is 9.97 Å². The molecule has 1 heterocycles. The molecule has 0 radical (unpaired) electrons. The molecule has 1 aromatic heterocycles. The van der Waals surface area contributed by atoms with E-state index < -0.39 is 5.97 Å². The highest BCUT2D eigenvalue weighted by atomic mass is 79.9. The van der Waals surface area contributed by atoms with Gasteiger partial charge in [0.05, 0.1) is 11.6 Å². The number of ether oxygens (including phenoxy) is 1. The molecule has 0 unspecified atom stereocenters. The fraction of sp³-hybridized carbons (Fsp3) is 0.167. The van der Waals surface area contributed by atoms with Crippen molar-refractivity contribution in [3.63, 3.8) is 0 Å². The lowest BCUT2D eigenvalue weighted by molar-refractivity contribution is 0.0592. The molecule has 0 aliphatic rings. The van der Waals surface area contributed by atoms with Crippen LogP contribution in [0.15, 0.2) is 4.47 Å². The van der Waals surface area contributed by atoms with Crippen molar-refractivity contribution < 1.29 is 9.53 Å². The average Bonchev–Trinajstić information content (AvgIpc) is 2.10. The van der Waals surface area contributed by atoms with Crippen LogP contribution in [-0.2, 0) is 4.74 Å². The van der Waals surface area contributed by atoms with E-state index in [0.717, 1.165) is 0 Å². The molecule has 0 saturated carbocycles. The van der Waals surface area contributed by atoms with Gasteiger partial charge in [-0.15, -0.1) is 0 Å². The van der Waals surface area contributed by atoms with Gasteiger partial charge in [0.25, 0.3) is 0 Å². The Kier molecular flexibility index (Phi) is 3.47. The Labute approximate surface area is 92.3 Å². The third-order valence-electron chi connectivity index (χ3n) is 1.16. The Balaban J connectivity index is 3.28. The number of rotatable bonds is 1. The van der Waals surface area contributed by atoms with Crippen LogP contribution in [0.2, 0.25) is 10.4 Å². The minimum Gasteiger partial charge on any atom is -0.464 e. The summed E-state index contributed by atoms with van der Waals surface area (Å²) in [7, 11) is 1.23. The van der Waals surface area contributed by atoms with Crippen LogP contribution in [0.1, 0.15) is 10.5 Å². The van der Waals surface area contributed by atoms with Crippen molar-refractivity contribution in [2.24, 2.45) is 0 Å². The van der Waals surface area contributed by atoms with Crippen LogP contribution in [0.4, 0.5) is 0 Å². The van der Waals surface area contributed by atoms with Gasteiger partial charge >= 0.3 is 5.97 Å². The topological polar surface area (TPSA) is 52.1 Å². The minimum atomic E-state index is -0.627. The number of hydrogen-bond acceptors (Lipinski definition) is 4. The second-order valence-electron chi connectivity index (χ2n) is 1.94. The Morgan fingerprint density at radius 3 is 2.62 bits per heavy atom. The summed E-state index contributed by atoms with van der Waals surface area (Å²) in [5, 5.41) is -0.0333. The van der Waals surface area contributed by atoms with Gasteiger partial charge in [-0.05, 0) is 27.5 Å². The lowest BCUT2D eigenvalue weighted by Gasteiger charge is -2.02. The summed E-state index contributed by atoms with van der Waals surface area (Å²) in [6.07, 6.45) is 0. The van der Waals surface area contributed by atoms with E-state index in [9.17, 15) is 4.79 Å². The van der Waals surface area contributed by atoms with Gasteiger partial charge in [0.2, 0.25) is 5.28 Å². The summed E-state index contributed by atoms with van der Waals surface area (Å²) in [6.45, 7) is 0. The number of aromatic nitrogens is 2. The minimum absolute atomic E-state index is 0.00694. The van der Waals surface area contributed by atoms with Gasteiger partial charge in [0, 0.05) is 0 Å². The summed E-state index contributed by atoms with van der Waals surface area (Å²) < 4.78 is 4.72. The highest BCUT2D eigenvalue weighted by Gasteiger charge is 2.17. The highest BCUT2D eigenvalue weighted by Crippen LogP contribution is 2.25. The average molecular weight is 286 g/mol. The van der Waals surface area contributed by atoms with Gasteiger partial charge in [0.15, 0.2) is 5.69 Å². The maximum atomic E-state index is 11.1. The van der Waals surface area contributed by atoms with E-state index in [0.29, 0.717) is 0 Å². The van der Waals surface area contributed by atoms with Gasteiger partial charge in [-0.2, -0.15) is 0 Å². The van der Waals surface area contributed by atoms with Crippen LogP contribution < -0.4 is 0 Å². The summed E-state index contributed by atoms with van der Waals surface area (Å²) in [6, 6.07) is 0. The monoisotopic (exact) mass is 284 g/mol. The highest BCUT2D eigenvalue weighted by molar-refractivity contribution is 9.10. The molecule has 0 aromatic carbocycles. The Morgan fingerprint density at radius 2 is 2.08 bits per heavy atom. The van der Waals surface area contributed by atoms with E-state index in [1.807, 2.05) is 0 Å². The molecule has 0 bridgehead atoms. The first-order valence-corrected chi connectivity index (χ1v) is 4.58. The molecule has 0 spiro atoms. The third-order valence-corrected chi connectivity index (χ3v) is 2.58. The number of carbonyl (C=O) groups excluding carboxylic acids is 1. The molecule has 13 heavy (non-hydrogen) atoms. The van der Waals surface area contributed by atoms with Crippen molar-refractivity contribution in [3.8, 4) is 0 Å². The van der Waals surface area contributed by atoms with Gasteiger partial charge in [0.1, 0.15) is 5.15 Å². The Bertz CT molecular complexity index is 359. The number of esters is 1. The predicted octanol–water partition coefficient (Wildman–Crippen LogP) is 2.33. The second-order valence-corrected chi connectivity index (χ2v) is 3.43. The molecule has 4 nitrogen and oxygen atoms in total. The van der Waals surface area contributed by atoms with Gasteiger partial charge in [-0.25, -0.2) is 14.8 Å². The quantitative estimate of drug-likeness (QED) is 0.451. The first-order chi connectivity index (χ1) is 6.06. The Morgan fingerprint density at radius 1 is 1.46 bits per heavy atom. The number of nitrogens with zero attached hydrogens (tertiary/aromatic N) is 2. The van der Waals surface area contributed by atoms with Crippen LogP contribution in [0.5, 0.6) is 0 Å². The van der Waals surface area contributed by atoms with Crippen LogP contribution in [0, 0.1) is 0 Å². The molecule has 0 fully saturated rings. The molecule has 0 amide bonds. The van der Waals surface area contributed by atoms with Gasteiger partial charge < -0.3 is 4.74 Å². The van der Waals surface area contributed by atoms with Crippen molar-refractivity contribution in [2.75, 3.05) is 7.11 Å². The number of methoxy groups -OCH3 is 1. The first-order valence-electron chi connectivity index (χ1n) is 3.03. The molecular formula is C6H3BrCl2N2O2. The van der Waals surface area contributed by atoms with Crippen molar-refractivity contribution >= 4 is 45.1 Å². The van der Waals surface area contributed by atoms with Crippen LogP contribution in [-0.4, -0.2) is 23.0 Å². The van der Waals surface area contributed by atoms with Crippen molar-refractivity contribution in [2.45, 2.75) is 0 Å². The van der Waals surface area contributed by atoms with Crippen LogP contribution >= 0.6 is 39.1 Å². The van der Waals surface area contributed by atoms with E-state index in [1.165, 1.54) is 7.11 Å². The fourth-order valence-electron chi connectivity index (χ4n) is 0.626. The maximum absolute atomic E-state index is 11.1. The second kappa shape index (κ2) is 4.21. The molecular weight excluding hydrogens is 283 g/mol. The SMILES string of the molecule is COC(=O)c1nc(Cl)nc(Cl)c1Br. The molecule has 0 aliphatic heterocycles. The van der Waals surface area contributed by atoms with E-state index >= 15 is 0 Å². The lowest BCUT2D eigenvalue weighted by Crippen LogP contribution is -2.06. The Hall–Kier alpha value is -0.390. The fourth-order valence-corrected chi connectivity index (χ4v) is 1.35. The van der Waals surface area contributed by atoms with E-state index in [-0.39, 0.29) is 20.6 Å². The molecule has 0 atom stereocenters. The van der Waals surface area contributed by atoms with E-state index in [2.05, 4.69) is 30.6 Å². The molecule has 0 N–H and O–H groups in total. The first kappa shape index (κ1) is 10.7. The van der Waals surface area contributed by atoms with Gasteiger partial charge in [-0.3, -0.25) is 0 Å². The summed E-state index contributed by atoms with van der Waals surface area (Å²) in [5.41, 5.74) is 0.00694. The lowest BCUT2D eigenvalue weighted by atomic mass is 10.4. The van der Waals surface area contributed by atoms with Gasteiger partial charge in [-0.1, -0.05) is 11.6 Å². The largest absolute Gasteiger partial charge is 0.464 e. The molecule has 0 aliphatic carbocycles. The van der Waals surface area contributed by atoms with Crippen LogP contribution in [0.25, 0.3) is 0 Å². The van der Waals surface area contributed by atoms with E-state index in [4.69, 9.17) is 23.2 Å². The van der Waals surface area contributed by atoms with Crippen molar-refractivity contribution in [3.05, 3.63) is 20.6 Å². The zero-order chi connectivity index (χ0) is 10.0.